The molecule has 0 aliphatic heterocycles. The van der Waals surface area contributed by atoms with Gasteiger partial charge in [0.1, 0.15) is 11.5 Å². The Morgan fingerprint density at radius 2 is 2.04 bits per heavy atom. The minimum atomic E-state index is -0.455. The summed E-state index contributed by atoms with van der Waals surface area (Å²) < 4.78 is 0. The SMILES string of the molecule is Cc1ncc(C)c(-c2c[nH]c(C(=O)N[C@@H](CO)c3ccccc3)c2)n1. The number of aromatic amines is 1. The molecule has 6 heteroatoms. The van der Waals surface area contributed by atoms with Gasteiger partial charge in [0.2, 0.25) is 0 Å². The van der Waals surface area contributed by atoms with E-state index in [0.717, 1.165) is 22.4 Å². The van der Waals surface area contributed by atoms with Gasteiger partial charge >= 0.3 is 0 Å². The van der Waals surface area contributed by atoms with Crippen LogP contribution in [0.1, 0.15) is 33.5 Å². The first-order valence-corrected chi connectivity index (χ1v) is 8.04. The lowest BCUT2D eigenvalue weighted by molar-refractivity contribution is 0.0912. The first kappa shape index (κ1) is 16.9. The largest absolute Gasteiger partial charge is 0.394 e. The molecular weight excluding hydrogens is 316 g/mol. The van der Waals surface area contributed by atoms with E-state index in [0.29, 0.717) is 11.5 Å². The van der Waals surface area contributed by atoms with Crippen LogP contribution < -0.4 is 5.32 Å². The number of nitrogens with zero attached hydrogens (tertiary/aromatic N) is 2. The molecule has 3 rings (SSSR count). The number of H-pyrrole nitrogens is 1. The summed E-state index contributed by atoms with van der Waals surface area (Å²) in [5.74, 6) is 0.398. The summed E-state index contributed by atoms with van der Waals surface area (Å²) in [6, 6.07) is 10.7. The highest BCUT2D eigenvalue weighted by Gasteiger charge is 2.17. The van der Waals surface area contributed by atoms with Crippen molar-refractivity contribution >= 4 is 5.91 Å². The Morgan fingerprint density at radius 1 is 1.28 bits per heavy atom. The number of nitrogens with one attached hydrogen (secondary N) is 2. The van der Waals surface area contributed by atoms with Crippen molar-refractivity contribution in [3.8, 4) is 11.3 Å². The number of carbonyl (C=O) groups excluding carboxylic acids is 1. The van der Waals surface area contributed by atoms with Gasteiger partial charge in [-0.3, -0.25) is 4.79 Å². The molecule has 2 heterocycles. The van der Waals surface area contributed by atoms with E-state index < -0.39 is 6.04 Å². The second-order valence-electron chi connectivity index (χ2n) is 5.87. The third kappa shape index (κ3) is 3.75. The van der Waals surface area contributed by atoms with Gasteiger partial charge in [-0.2, -0.15) is 0 Å². The van der Waals surface area contributed by atoms with Gasteiger partial charge in [-0.05, 0) is 31.0 Å². The zero-order chi connectivity index (χ0) is 17.8. The number of benzene rings is 1. The van der Waals surface area contributed by atoms with Crippen LogP contribution in [0.15, 0.2) is 48.8 Å². The summed E-state index contributed by atoms with van der Waals surface area (Å²) in [5.41, 5.74) is 3.83. The predicted molar refractivity (Wildman–Crippen MR) is 95.0 cm³/mol. The molecule has 0 bridgehead atoms. The Balaban J connectivity index is 1.80. The van der Waals surface area contributed by atoms with Gasteiger partial charge in [0, 0.05) is 18.0 Å². The first-order chi connectivity index (χ1) is 12.1. The minimum absolute atomic E-state index is 0.173. The number of carbonyl (C=O) groups is 1. The summed E-state index contributed by atoms with van der Waals surface area (Å²) in [6.45, 7) is 3.58. The third-order valence-electron chi connectivity index (χ3n) is 3.98. The number of aromatic nitrogens is 3. The lowest BCUT2D eigenvalue weighted by Crippen LogP contribution is -2.30. The molecule has 0 spiro atoms. The van der Waals surface area contributed by atoms with Crippen molar-refractivity contribution in [2.45, 2.75) is 19.9 Å². The van der Waals surface area contributed by atoms with Crippen molar-refractivity contribution in [1.29, 1.82) is 0 Å². The average molecular weight is 336 g/mol. The lowest BCUT2D eigenvalue weighted by Gasteiger charge is -2.16. The van der Waals surface area contributed by atoms with Crippen LogP contribution in [0.3, 0.4) is 0 Å². The molecule has 0 fully saturated rings. The fourth-order valence-electron chi connectivity index (χ4n) is 2.64. The molecule has 1 amide bonds. The molecule has 1 aromatic carbocycles. The maximum absolute atomic E-state index is 12.5. The minimum Gasteiger partial charge on any atom is -0.394 e. The fraction of sp³-hybridized carbons (Fsp3) is 0.211. The average Bonchev–Trinajstić information content (AvgIpc) is 3.12. The number of hydrogen-bond acceptors (Lipinski definition) is 4. The molecule has 0 unspecified atom stereocenters. The van der Waals surface area contributed by atoms with Crippen molar-refractivity contribution < 1.29 is 9.90 Å². The van der Waals surface area contributed by atoms with Gasteiger partial charge in [0.25, 0.3) is 5.91 Å². The summed E-state index contributed by atoms with van der Waals surface area (Å²) in [7, 11) is 0. The molecule has 0 saturated heterocycles. The summed E-state index contributed by atoms with van der Waals surface area (Å²) in [5, 5.41) is 12.4. The zero-order valence-electron chi connectivity index (χ0n) is 14.2. The molecule has 3 N–H and O–H groups in total. The normalized spacial score (nSPS) is 12.0. The molecule has 0 aliphatic rings. The number of rotatable bonds is 5. The van der Waals surface area contributed by atoms with Gasteiger partial charge in [-0.25, -0.2) is 9.97 Å². The number of amides is 1. The van der Waals surface area contributed by atoms with E-state index in [1.165, 1.54) is 0 Å². The van der Waals surface area contributed by atoms with E-state index in [4.69, 9.17) is 0 Å². The van der Waals surface area contributed by atoms with Crippen molar-refractivity contribution in [1.82, 2.24) is 20.3 Å². The van der Waals surface area contributed by atoms with Crippen LogP contribution in [0.2, 0.25) is 0 Å². The van der Waals surface area contributed by atoms with Crippen molar-refractivity contribution in [2.75, 3.05) is 6.61 Å². The molecule has 3 aromatic rings. The van der Waals surface area contributed by atoms with Gasteiger partial charge in [-0.15, -0.1) is 0 Å². The number of hydrogen-bond donors (Lipinski definition) is 3. The number of aliphatic hydroxyl groups excluding tert-OH is 1. The topological polar surface area (TPSA) is 90.9 Å². The number of aryl methyl sites for hydroxylation is 2. The highest BCUT2D eigenvalue weighted by molar-refractivity contribution is 5.94. The molecule has 0 saturated carbocycles. The van der Waals surface area contributed by atoms with E-state index in [-0.39, 0.29) is 12.5 Å². The zero-order valence-corrected chi connectivity index (χ0v) is 14.2. The highest BCUT2D eigenvalue weighted by atomic mass is 16.3. The molecule has 128 valence electrons. The lowest BCUT2D eigenvalue weighted by atomic mass is 10.1. The molecule has 6 nitrogen and oxygen atoms in total. The van der Waals surface area contributed by atoms with E-state index >= 15 is 0 Å². The number of aliphatic hydroxyl groups is 1. The van der Waals surface area contributed by atoms with E-state index in [9.17, 15) is 9.90 Å². The Labute approximate surface area is 146 Å². The molecule has 1 atom stereocenters. The maximum atomic E-state index is 12.5. The van der Waals surface area contributed by atoms with Crippen molar-refractivity contribution in [2.24, 2.45) is 0 Å². The first-order valence-electron chi connectivity index (χ1n) is 8.04. The van der Waals surface area contributed by atoms with E-state index in [1.807, 2.05) is 44.2 Å². The summed E-state index contributed by atoms with van der Waals surface area (Å²) in [6.07, 6.45) is 3.52. The summed E-state index contributed by atoms with van der Waals surface area (Å²) in [4.78, 5) is 24.1. The Hall–Kier alpha value is -2.99. The van der Waals surface area contributed by atoms with E-state index in [1.54, 1.807) is 18.5 Å². The monoisotopic (exact) mass is 336 g/mol. The van der Waals surface area contributed by atoms with Crippen LogP contribution in [0.5, 0.6) is 0 Å². The molecule has 0 aliphatic carbocycles. The standard InChI is InChI=1S/C19H20N4O2/c1-12-9-20-13(2)22-18(12)15-8-16(21-10-15)19(25)23-17(11-24)14-6-4-3-5-7-14/h3-10,17,21,24H,11H2,1-2H3,(H,23,25)/t17-/m0/s1. The van der Waals surface area contributed by atoms with Crippen molar-refractivity contribution in [3.63, 3.8) is 0 Å². The molecule has 25 heavy (non-hydrogen) atoms. The Kier molecular flexibility index (Phi) is 4.90. The predicted octanol–water partition coefficient (Wildman–Crippen LogP) is 2.55. The molecule has 0 radical (unpaired) electrons. The summed E-state index contributed by atoms with van der Waals surface area (Å²) >= 11 is 0. The third-order valence-corrected chi connectivity index (χ3v) is 3.98. The fourth-order valence-corrected chi connectivity index (χ4v) is 2.64. The second-order valence-corrected chi connectivity index (χ2v) is 5.87. The Bertz CT molecular complexity index is 874. The van der Waals surface area contributed by atoms with Crippen LogP contribution in [0, 0.1) is 13.8 Å². The van der Waals surface area contributed by atoms with E-state index in [2.05, 4.69) is 20.3 Å². The van der Waals surface area contributed by atoms with Gasteiger partial charge < -0.3 is 15.4 Å². The van der Waals surface area contributed by atoms with Gasteiger partial charge in [0.15, 0.2) is 0 Å². The molecular formula is C19H20N4O2. The molecule has 2 aromatic heterocycles. The smallest absolute Gasteiger partial charge is 0.268 e. The Morgan fingerprint density at radius 3 is 2.76 bits per heavy atom. The quantitative estimate of drug-likeness (QED) is 0.668. The maximum Gasteiger partial charge on any atom is 0.268 e. The van der Waals surface area contributed by atoms with Crippen LogP contribution in [-0.2, 0) is 0 Å². The second kappa shape index (κ2) is 7.27. The van der Waals surface area contributed by atoms with Crippen molar-refractivity contribution in [3.05, 3.63) is 71.4 Å². The van der Waals surface area contributed by atoms with Crippen LogP contribution in [0.25, 0.3) is 11.3 Å². The van der Waals surface area contributed by atoms with Gasteiger partial charge in [0.05, 0.1) is 18.3 Å². The van der Waals surface area contributed by atoms with Crippen LogP contribution in [0.4, 0.5) is 0 Å². The van der Waals surface area contributed by atoms with Crippen LogP contribution >= 0.6 is 0 Å². The highest BCUT2D eigenvalue weighted by Crippen LogP contribution is 2.22. The van der Waals surface area contributed by atoms with Gasteiger partial charge in [-0.1, -0.05) is 30.3 Å². The van der Waals surface area contributed by atoms with Crippen LogP contribution in [-0.4, -0.2) is 32.6 Å².